The number of nitrogens with one attached hydrogen (secondary N) is 1. The van der Waals surface area contributed by atoms with Crippen LogP contribution in [0.3, 0.4) is 0 Å². The first-order chi connectivity index (χ1) is 7.74. The van der Waals surface area contributed by atoms with E-state index >= 15 is 0 Å². The van der Waals surface area contributed by atoms with Crippen LogP contribution in [0.5, 0.6) is 5.75 Å². The molecule has 3 nitrogen and oxygen atoms in total. The second-order valence-electron chi connectivity index (χ2n) is 4.44. The summed E-state index contributed by atoms with van der Waals surface area (Å²) >= 11 is 0. The highest BCUT2D eigenvalue weighted by molar-refractivity contribution is 5.60. The Morgan fingerprint density at radius 1 is 1.19 bits per heavy atom. The molecule has 1 aliphatic rings. The molecule has 16 heavy (non-hydrogen) atoms. The van der Waals surface area contributed by atoms with Crippen LogP contribution in [-0.2, 0) is 0 Å². The van der Waals surface area contributed by atoms with Gasteiger partial charge in [0.15, 0.2) is 0 Å². The summed E-state index contributed by atoms with van der Waals surface area (Å²) in [4.78, 5) is 2.44. The highest BCUT2D eigenvalue weighted by atomic mass is 16.5. The Morgan fingerprint density at radius 3 is 2.44 bits per heavy atom. The summed E-state index contributed by atoms with van der Waals surface area (Å²) in [6, 6.07) is 9.24. The molecule has 2 atom stereocenters. The third-order valence-electron chi connectivity index (χ3n) is 3.19. The average Bonchev–Trinajstić information content (AvgIpc) is 2.29. The van der Waals surface area contributed by atoms with Gasteiger partial charge in [0.2, 0.25) is 0 Å². The zero-order chi connectivity index (χ0) is 11.5. The molecule has 3 heteroatoms. The number of anilines is 1. The zero-order valence-electron chi connectivity index (χ0n) is 10.2. The molecule has 0 bridgehead atoms. The van der Waals surface area contributed by atoms with Crippen molar-refractivity contribution in [2.75, 3.05) is 25.1 Å². The zero-order valence-corrected chi connectivity index (χ0v) is 10.2. The van der Waals surface area contributed by atoms with E-state index in [0.717, 1.165) is 18.8 Å². The molecular weight excluding hydrogens is 200 g/mol. The van der Waals surface area contributed by atoms with Gasteiger partial charge in [-0.05, 0) is 26.0 Å². The van der Waals surface area contributed by atoms with Gasteiger partial charge in [0.1, 0.15) is 5.75 Å². The van der Waals surface area contributed by atoms with Crippen molar-refractivity contribution in [2.45, 2.75) is 25.9 Å². The number of para-hydroxylation sites is 2. The van der Waals surface area contributed by atoms with Gasteiger partial charge in [-0.2, -0.15) is 0 Å². The molecule has 0 spiro atoms. The number of methoxy groups -OCH3 is 1. The molecule has 1 aliphatic heterocycles. The molecule has 0 amide bonds. The SMILES string of the molecule is COc1ccccc1N1[C@H](C)CNC[C@@H]1C. The highest BCUT2D eigenvalue weighted by Gasteiger charge is 2.26. The summed E-state index contributed by atoms with van der Waals surface area (Å²) in [5.74, 6) is 0.961. The Bertz CT molecular complexity index is 344. The van der Waals surface area contributed by atoms with Crippen LogP contribution in [0.4, 0.5) is 5.69 Å². The quantitative estimate of drug-likeness (QED) is 0.823. The van der Waals surface area contributed by atoms with E-state index in [1.165, 1.54) is 5.69 Å². The van der Waals surface area contributed by atoms with Crippen molar-refractivity contribution in [1.82, 2.24) is 5.32 Å². The van der Waals surface area contributed by atoms with Crippen molar-refractivity contribution >= 4 is 5.69 Å². The van der Waals surface area contributed by atoms with Crippen molar-refractivity contribution in [3.63, 3.8) is 0 Å². The highest BCUT2D eigenvalue weighted by Crippen LogP contribution is 2.31. The first-order valence-electron chi connectivity index (χ1n) is 5.86. The molecule has 1 fully saturated rings. The largest absolute Gasteiger partial charge is 0.495 e. The first-order valence-corrected chi connectivity index (χ1v) is 5.86. The summed E-state index contributed by atoms with van der Waals surface area (Å²) in [5.41, 5.74) is 1.20. The van der Waals surface area contributed by atoms with Crippen LogP contribution in [0.2, 0.25) is 0 Å². The third-order valence-corrected chi connectivity index (χ3v) is 3.19. The van der Waals surface area contributed by atoms with E-state index in [9.17, 15) is 0 Å². The maximum absolute atomic E-state index is 5.43. The van der Waals surface area contributed by atoms with Gasteiger partial charge in [0.25, 0.3) is 0 Å². The lowest BCUT2D eigenvalue weighted by Gasteiger charge is -2.41. The van der Waals surface area contributed by atoms with E-state index in [4.69, 9.17) is 4.74 Å². The van der Waals surface area contributed by atoms with Crippen LogP contribution in [0.15, 0.2) is 24.3 Å². The summed E-state index contributed by atoms with van der Waals surface area (Å²) in [7, 11) is 1.73. The molecule has 0 aliphatic carbocycles. The number of benzene rings is 1. The summed E-state index contributed by atoms with van der Waals surface area (Å²) in [6.45, 7) is 6.55. The lowest BCUT2D eigenvalue weighted by molar-refractivity contribution is 0.396. The van der Waals surface area contributed by atoms with Crippen molar-refractivity contribution in [2.24, 2.45) is 0 Å². The van der Waals surface area contributed by atoms with Gasteiger partial charge in [-0.25, -0.2) is 0 Å². The van der Waals surface area contributed by atoms with Crippen molar-refractivity contribution < 1.29 is 4.74 Å². The second kappa shape index (κ2) is 4.74. The smallest absolute Gasteiger partial charge is 0.142 e. The fourth-order valence-electron chi connectivity index (χ4n) is 2.45. The molecule has 0 saturated carbocycles. The average molecular weight is 220 g/mol. The summed E-state index contributed by atoms with van der Waals surface area (Å²) < 4.78 is 5.43. The predicted octanol–water partition coefficient (Wildman–Crippen LogP) is 1.88. The van der Waals surface area contributed by atoms with E-state index in [1.807, 2.05) is 12.1 Å². The Hall–Kier alpha value is -1.22. The van der Waals surface area contributed by atoms with Gasteiger partial charge in [0, 0.05) is 25.2 Å². The van der Waals surface area contributed by atoms with E-state index < -0.39 is 0 Å². The van der Waals surface area contributed by atoms with Gasteiger partial charge >= 0.3 is 0 Å². The number of rotatable bonds is 2. The molecule has 1 N–H and O–H groups in total. The van der Waals surface area contributed by atoms with Gasteiger partial charge in [-0.15, -0.1) is 0 Å². The predicted molar refractivity (Wildman–Crippen MR) is 67.3 cm³/mol. The van der Waals surface area contributed by atoms with Gasteiger partial charge in [-0.1, -0.05) is 12.1 Å². The van der Waals surface area contributed by atoms with Crippen molar-refractivity contribution in [1.29, 1.82) is 0 Å². The van der Waals surface area contributed by atoms with Crippen LogP contribution < -0.4 is 15.0 Å². The first kappa shape index (κ1) is 11.3. The molecular formula is C13H20N2O. The van der Waals surface area contributed by atoms with Gasteiger partial charge in [-0.3, -0.25) is 0 Å². The monoisotopic (exact) mass is 220 g/mol. The van der Waals surface area contributed by atoms with Gasteiger partial charge < -0.3 is 15.0 Å². The standard InChI is InChI=1S/C13H20N2O/c1-10-8-14-9-11(2)15(10)12-6-4-5-7-13(12)16-3/h4-7,10-11,14H,8-9H2,1-3H3/t10-,11+. The second-order valence-corrected chi connectivity index (χ2v) is 4.44. The summed E-state index contributed by atoms with van der Waals surface area (Å²) in [6.07, 6.45) is 0. The maximum Gasteiger partial charge on any atom is 0.142 e. The Morgan fingerprint density at radius 2 is 1.81 bits per heavy atom. The fraction of sp³-hybridized carbons (Fsp3) is 0.538. The molecule has 88 valence electrons. The summed E-state index contributed by atoms with van der Waals surface area (Å²) in [5, 5.41) is 3.44. The lowest BCUT2D eigenvalue weighted by Crippen LogP contribution is -2.55. The topological polar surface area (TPSA) is 24.5 Å². The maximum atomic E-state index is 5.43. The van der Waals surface area contributed by atoms with Crippen LogP contribution in [-0.4, -0.2) is 32.3 Å². The normalized spacial score (nSPS) is 25.6. The third kappa shape index (κ3) is 2.00. The van der Waals surface area contributed by atoms with Crippen molar-refractivity contribution in [3.8, 4) is 5.75 Å². The Kier molecular flexibility index (Phi) is 3.34. The van der Waals surface area contributed by atoms with E-state index in [0.29, 0.717) is 12.1 Å². The van der Waals surface area contributed by atoms with Crippen LogP contribution in [0.25, 0.3) is 0 Å². The van der Waals surface area contributed by atoms with Crippen molar-refractivity contribution in [3.05, 3.63) is 24.3 Å². The minimum Gasteiger partial charge on any atom is -0.495 e. The molecule has 1 aromatic carbocycles. The molecule has 1 aromatic rings. The molecule has 0 radical (unpaired) electrons. The minimum absolute atomic E-state index is 0.500. The van der Waals surface area contributed by atoms with E-state index in [2.05, 4.69) is 36.2 Å². The molecule has 1 saturated heterocycles. The Balaban J connectivity index is 2.33. The van der Waals surface area contributed by atoms with E-state index in [-0.39, 0.29) is 0 Å². The number of hydrogen-bond donors (Lipinski definition) is 1. The van der Waals surface area contributed by atoms with Gasteiger partial charge in [0.05, 0.1) is 12.8 Å². The number of nitrogens with zero attached hydrogens (tertiary/aromatic N) is 1. The number of hydrogen-bond acceptors (Lipinski definition) is 3. The van der Waals surface area contributed by atoms with Crippen LogP contribution in [0.1, 0.15) is 13.8 Å². The number of ether oxygens (including phenoxy) is 1. The molecule has 2 rings (SSSR count). The lowest BCUT2D eigenvalue weighted by atomic mass is 10.1. The minimum atomic E-state index is 0.500. The van der Waals surface area contributed by atoms with Crippen LogP contribution in [0, 0.1) is 0 Å². The van der Waals surface area contributed by atoms with Crippen LogP contribution >= 0.6 is 0 Å². The molecule has 0 unspecified atom stereocenters. The number of piperazine rings is 1. The molecule has 1 heterocycles. The van der Waals surface area contributed by atoms with E-state index in [1.54, 1.807) is 7.11 Å². The Labute approximate surface area is 97.4 Å². The fourth-order valence-corrected chi connectivity index (χ4v) is 2.45. The molecule has 0 aromatic heterocycles.